The maximum Gasteiger partial charge on any atom is 0.320 e. The maximum atomic E-state index is 12.3. The topological polar surface area (TPSA) is 129 Å². The van der Waals surface area contributed by atoms with Gasteiger partial charge in [0.05, 0.1) is 4.92 Å². The summed E-state index contributed by atoms with van der Waals surface area (Å²) >= 11 is 0. The van der Waals surface area contributed by atoms with Crippen molar-refractivity contribution in [2.24, 2.45) is 5.92 Å². The number of non-ortho nitro benzene ring substituents is 1. The summed E-state index contributed by atoms with van der Waals surface area (Å²) in [6.07, 6.45) is 4.81. The number of para-hydroxylation sites is 1. The average molecular weight is 509 g/mol. The van der Waals surface area contributed by atoms with Crippen LogP contribution in [0.2, 0.25) is 0 Å². The van der Waals surface area contributed by atoms with Crippen molar-refractivity contribution >= 4 is 28.5 Å². The molecular weight excluding hydrogens is 472 g/mol. The van der Waals surface area contributed by atoms with Gasteiger partial charge < -0.3 is 15.4 Å². The minimum absolute atomic E-state index is 0.0115. The number of aromatic nitrogens is 1. The molecule has 0 aliphatic carbocycles. The molecule has 9 heteroatoms. The molecule has 1 unspecified atom stereocenters. The Labute approximate surface area is 217 Å². The molecule has 0 saturated carbocycles. The third kappa shape index (κ3) is 8.42. The molecule has 0 saturated heterocycles. The van der Waals surface area contributed by atoms with E-state index in [0.717, 1.165) is 22.0 Å². The molecule has 0 bridgehead atoms. The van der Waals surface area contributed by atoms with E-state index in [1.807, 2.05) is 49.2 Å². The average Bonchev–Trinajstić information content (AvgIpc) is 3.27. The van der Waals surface area contributed by atoms with Crippen LogP contribution in [0.4, 0.5) is 5.69 Å². The van der Waals surface area contributed by atoms with E-state index in [1.165, 1.54) is 12.1 Å². The molecule has 2 aromatic carbocycles. The zero-order valence-electron chi connectivity index (χ0n) is 21.5. The van der Waals surface area contributed by atoms with Crippen LogP contribution in [0, 0.1) is 16.0 Å². The van der Waals surface area contributed by atoms with Gasteiger partial charge in [-0.05, 0) is 48.8 Å². The number of aromatic amines is 1. The zero-order valence-corrected chi connectivity index (χ0v) is 21.5. The molecule has 9 nitrogen and oxygen atoms in total. The van der Waals surface area contributed by atoms with Gasteiger partial charge in [-0.3, -0.25) is 24.6 Å². The number of aryl methyl sites for hydroxylation is 1. The molecule has 0 fully saturated rings. The van der Waals surface area contributed by atoms with E-state index in [2.05, 4.69) is 10.3 Å². The number of carbonyl (C=O) groups excluding carboxylic acids is 1. The number of nitrogens with one attached hydrogen (secondary N) is 2. The van der Waals surface area contributed by atoms with Gasteiger partial charge in [-0.2, -0.15) is 0 Å². The molecule has 37 heavy (non-hydrogen) atoms. The highest BCUT2D eigenvalue weighted by atomic mass is 16.6. The smallest absolute Gasteiger partial charge is 0.320 e. The minimum Gasteiger partial charge on any atom is -0.480 e. The van der Waals surface area contributed by atoms with Crippen LogP contribution >= 0.6 is 0 Å². The number of rotatable bonds is 15. The van der Waals surface area contributed by atoms with E-state index >= 15 is 0 Å². The van der Waals surface area contributed by atoms with Crippen LogP contribution in [0.25, 0.3) is 10.9 Å². The number of unbranched alkanes of at least 4 members (excludes halogenated alkanes) is 1. The number of carboxylic acids is 1. The summed E-state index contributed by atoms with van der Waals surface area (Å²) in [6, 6.07) is 13.6. The first kappa shape index (κ1) is 27.9. The molecule has 1 amide bonds. The Kier molecular flexibility index (Phi) is 10.2. The van der Waals surface area contributed by atoms with Crippen molar-refractivity contribution in [1.82, 2.24) is 15.2 Å². The number of amides is 1. The molecule has 0 spiro atoms. The highest BCUT2D eigenvalue weighted by Crippen LogP contribution is 2.20. The van der Waals surface area contributed by atoms with Gasteiger partial charge in [-0.15, -0.1) is 0 Å². The lowest BCUT2D eigenvalue weighted by Crippen LogP contribution is -2.42. The van der Waals surface area contributed by atoms with E-state index in [1.54, 1.807) is 12.1 Å². The summed E-state index contributed by atoms with van der Waals surface area (Å²) in [5, 5.41) is 24.9. The lowest BCUT2D eigenvalue weighted by Gasteiger charge is -2.30. The monoisotopic (exact) mass is 508 g/mol. The fourth-order valence-corrected chi connectivity index (χ4v) is 4.56. The number of H-pyrrole nitrogens is 1. The second-order valence-electron chi connectivity index (χ2n) is 9.81. The number of carboxylic acid groups (broad SMARTS) is 1. The van der Waals surface area contributed by atoms with Crippen molar-refractivity contribution in [1.29, 1.82) is 0 Å². The van der Waals surface area contributed by atoms with Crippen LogP contribution in [0.3, 0.4) is 0 Å². The predicted molar refractivity (Wildman–Crippen MR) is 143 cm³/mol. The van der Waals surface area contributed by atoms with Gasteiger partial charge in [0.15, 0.2) is 0 Å². The van der Waals surface area contributed by atoms with E-state index < -0.39 is 16.9 Å². The maximum absolute atomic E-state index is 12.3. The predicted octanol–water partition coefficient (Wildman–Crippen LogP) is 4.91. The van der Waals surface area contributed by atoms with Crippen LogP contribution in [0.1, 0.15) is 50.7 Å². The minimum atomic E-state index is -0.884. The Morgan fingerprint density at radius 3 is 2.51 bits per heavy atom. The highest BCUT2D eigenvalue weighted by molar-refractivity contribution is 5.84. The van der Waals surface area contributed by atoms with Crippen molar-refractivity contribution in [2.45, 2.75) is 58.5 Å². The SMILES string of the molecule is CC(C)CN(Cc1ccc([N+](=O)[O-])cc1)C(CCCCNC(=O)CCc1c[nH]c2ccccc12)C(=O)O. The number of hydrogen-bond acceptors (Lipinski definition) is 5. The molecule has 3 N–H and O–H groups in total. The van der Waals surface area contributed by atoms with Gasteiger partial charge in [-0.25, -0.2) is 0 Å². The van der Waals surface area contributed by atoms with Crippen LogP contribution in [0.5, 0.6) is 0 Å². The van der Waals surface area contributed by atoms with Crippen LogP contribution in [-0.4, -0.2) is 50.9 Å². The Balaban J connectivity index is 1.46. The van der Waals surface area contributed by atoms with Crippen molar-refractivity contribution in [3.05, 3.63) is 76.0 Å². The largest absolute Gasteiger partial charge is 0.480 e. The number of fused-ring (bicyclic) bond motifs is 1. The van der Waals surface area contributed by atoms with E-state index in [0.29, 0.717) is 51.7 Å². The molecule has 3 aromatic rings. The van der Waals surface area contributed by atoms with Gasteiger partial charge in [-0.1, -0.05) is 44.2 Å². The summed E-state index contributed by atoms with van der Waals surface area (Å²) in [4.78, 5) is 40.0. The second kappa shape index (κ2) is 13.5. The summed E-state index contributed by atoms with van der Waals surface area (Å²) < 4.78 is 0. The Bertz CT molecular complexity index is 1190. The van der Waals surface area contributed by atoms with E-state index in [4.69, 9.17) is 0 Å². The van der Waals surface area contributed by atoms with E-state index in [9.17, 15) is 24.8 Å². The van der Waals surface area contributed by atoms with Crippen molar-refractivity contribution < 1.29 is 19.6 Å². The molecule has 1 heterocycles. The molecule has 3 rings (SSSR count). The fraction of sp³-hybridized carbons (Fsp3) is 0.429. The first-order valence-corrected chi connectivity index (χ1v) is 12.8. The molecule has 0 aliphatic rings. The third-order valence-corrected chi connectivity index (χ3v) is 6.38. The van der Waals surface area contributed by atoms with E-state index in [-0.39, 0.29) is 17.5 Å². The van der Waals surface area contributed by atoms with Crippen molar-refractivity contribution in [3.63, 3.8) is 0 Å². The lowest BCUT2D eigenvalue weighted by molar-refractivity contribution is -0.384. The molecule has 0 aliphatic heterocycles. The molecule has 1 aromatic heterocycles. The summed E-state index contributed by atoms with van der Waals surface area (Å²) in [7, 11) is 0. The van der Waals surface area contributed by atoms with Gasteiger partial charge in [0.2, 0.25) is 5.91 Å². The number of nitrogens with zero attached hydrogens (tertiary/aromatic N) is 2. The lowest BCUT2D eigenvalue weighted by atomic mass is 10.0. The van der Waals surface area contributed by atoms with Gasteiger partial charge >= 0.3 is 5.97 Å². The van der Waals surface area contributed by atoms with Gasteiger partial charge in [0.25, 0.3) is 5.69 Å². The standard InChI is InChI=1S/C28H36N4O5/c1-20(2)18-31(19-21-10-13-23(14-11-21)32(36)37)26(28(34)35)9-5-6-16-29-27(33)15-12-22-17-30-25-8-4-3-7-24(22)25/h3-4,7-8,10-11,13-14,17,20,26,30H,5-6,9,12,15-16,18-19H2,1-2H3,(H,29,33)(H,34,35). The normalized spacial score (nSPS) is 12.2. The summed E-state index contributed by atoms with van der Waals surface area (Å²) in [5.41, 5.74) is 3.02. The first-order valence-electron chi connectivity index (χ1n) is 12.8. The van der Waals surface area contributed by atoms with Crippen LogP contribution in [-0.2, 0) is 22.6 Å². The third-order valence-electron chi connectivity index (χ3n) is 6.38. The van der Waals surface area contributed by atoms with Gasteiger partial charge in [0.1, 0.15) is 6.04 Å². The fourth-order valence-electron chi connectivity index (χ4n) is 4.56. The first-order chi connectivity index (χ1) is 17.7. The molecular formula is C28H36N4O5. The number of nitro groups is 1. The van der Waals surface area contributed by atoms with Crippen molar-refractivity contribution in [3.8, 4) is 0 Å². The Morgan fingerprint density at radius 1 is 1.11 bits per heavy atom. The van der Waals surface area contributed by atoms with Crippen LogP contribution < -0.4 is 5.32 Å². The molecule has 0 radical (unpaired) electrons. The highest BCUT2D eigenvalue weighted by Gasteiger charge is 2.26. The number of hydrogen-bond donors (Lipinski definition) is 3. The zero-order chi connectivity index (χ0) is 26.8. The second-order valence-corrected chi connectivity index (χ2v) is 9.81. The summed E-state index contributed by atoms with van der Waals surface area (Å²) in [5.74, 6) is -0.638. The molecule has 1 atom stereocenters. The number of nitro benzene ring substituents is 1. The van der Waals surface area contributed by atoms with Crippen molar-refractivity contribution in [2.75, 3.05) is 13.1 Å². The van der Waals surface area contributed by atoms with Crippen LogP contribution in [0.15, 0.2) is 54.7 Å². The number of aliphatic carboxylic acids is 1. The molecule has 198 valence electrons. The number of benzene rings is 2. The Morgan fingerprint density at radius 2 is 1.84 bits per heavy atom. The van der Waals surface area contributed by atoms with Gasteiger partial charge in [0, 0.05) is 55.3 Å². The number of carbonyl (C=O) groups is 2. The quantitative estimate of drug-likeness (QED) is 0.152. The Hall–Kier alpha value is -3.72. The summed E-state index contributed by atoms with van der Waals surface area (Å²) in [6.45, 7) is 5.57.